The molecular weight excluding hydrogens is 376 g/mol. The Morgan fingerprint density at radius 3 is 2.43 bits per heavy atom. The lowest BCUT2D eigenvalue weighted by Crippen LogP contribution is -2.46. The van der Waals surface area contributed by atoms with E-state index in [2.05, 4.69) is 46.6 Å². The Morgan fingerprint density at radius 1 is 1.03 bits per heavy atom. The lowest BCUT2D eigenvalue weighted by Gasteiger charge is -2.38. The van der Waals surface area contributed by atoms with Crippen LogP contribution in [0.4, 0.5) is 0 Å². The highest BCUT2D eigenvalue weighted by Crippen LogP contribution is 2.40. The maximum absolute atomic E-state index is 12.9. The monoisotopic (exact) mass is 408 g/mol. The summed E-state index contributed by atoms with van der Waals surface area (Å²) >= 11 is 0. The Hall–Kier alpha value is -2.53. The number of carbonyl (C=O) groups excluding carboxylic acids is 1. The van der Waals surface area contributed by atoms with Gasteiger partial charge in [-0.05, 0) is 48.1 Å². The molecule has 1 heterocycles. The number of hydrogen-bond acceptors (Lipinski definition) is 4. The van der Waals surface area contributed by atoms with Gasteiger partial charge >= 0.3 is 0 Å². The first kappa shape index (κ1) is 20.7. The summed E-state index contributed by atoms with van der Waals surface area (Å²) < 4.78 is 11.1. The largest absolute Gasteiger partial charge is 0.493 e. The molecule has 2 aromatic rings. The molecule has 1 fully saturated rings. The molecule has 1 unspecified atom stereocenters. The minimum atomic E-state index is 0.0202. The van der Waals surface area contributed by atoms with Gasteiger partial charge in [-0.1, -0.05) is 49.6 Å². The van der Waals surface area contributed by atoms with E-state index in [1.54, 1.807) is 14.2 Å². The van der Waals surface area contributed by atoms with Crippen molar-refractivity contribution in [3.05, 3.63) is 59.2 Å². The number of rotatable bonds is 6. The van der Waals surface area contributed by atoms with Crippen molar-refractivity contribution in [2.75, 3.05) is 27.3 Å². The number of methoxy groups -OCH3 is 2. The molecule has 0 radical (unpaired) electrons. The molecule has 1 amide bonds. The van der Waals surface area contributed by atoms with E-state index >= 15 is 0 Å². The Balaban J connectivity index is 1.61. The summed E-state index contributed by atoms with van der Waals surface area (Å²) in [5, 5.41) is 3.28. The highest BCUT2D eigenvalue weighted by Gasteiger charge is 2.32. The molecule has 30 heavy (non-hydrogen) atoms. The fourth-order valence-electron chi connectivity index (χ4n) is 4.90. The van der Waals surface area contributed by atoms with E-state index in [0.29, 0.717) is 12.6 Å². The first-order valence-electron chi connectivity index (χ1n) is 11.0. The van der Waals surface area contributed by atoms with Gasteiger partial charge in [-0.25, -0.2) is 0 Å². The minimum Gasteiger partial charge on any atom is -0.493 e. The molecule has 4 rings (SSSR count). The van der Waals surface area contributed by atoms with Gasteiger partial charge in [0.05, 0.1) is 26.8 Å². The number of amides is 1. The Morgan fingerprint density at radius 2 is 1.73 bits per heavy atom. The number of nitrogens with zero attached hydrogens (tertiary/aromatic N) is 1. The van der Waals surface area contributed by atoms with Crippen LogP contribution in [-0.4, -0.2) is 44.2 Å². The first-order chi connectivity index (χ1) is 14.7. The third kappa shape index (κ3) is 4.46. The van der Waals surface area contributed by atoms with Gasteiger partial charge in [0, 0.05) is 12.6 Å². The zero-order valence-corrected chi connectivity index (χ0v) is 18.0. The van der Waals surface area contributed by atoms with E-state index in [9.17, 15) is 4.79 Å². The smallest absolute Gasteiger partial charge is 0.234 e. The average Bonchev–Trinajstić information content (AvgIpc) is 2.79. The Kier molecular flexibility index (Phi) is 6.58. The molecule has 0 bridgehead atoms. The summed E-state index contributed by atoms with van der Waals surface area (Å²) in [5.41, 5.74) is 3.64. The molecule has 1 saturated carbocycles. The SMILES string of the molecule is COc1cc2c(cc1OC)C(c1ccccc1)N(CC(=O)NC1CCCCC1)CC2. The van der Waals surface area contributed by atoms with E-state index in [1.165, 1.54) is 36.0 Å². The van der Waals surface area contributed by atoms with E-state index in [4.69, 9.17) is 9.47 Å². The average molecular weight is 409 g/mol. The summed E-state index contributed by atoms with van der Waals surface area (Å²) in [7, 11) is 3.34. The standard InChI is InChI=1S/C25H32N2O3/c1-29-22-15-19-13-14-27(17-24(28)26-20-11-7-4-8-12-20)25(18-9-5-3-6-10-18)21(19)16-23(22)30-2/h3,5-6,9-10,15-16,20,25H,4,7-8,11-14,17H2,1-2H3,(H,26,28). The van der Waals surface area contributed by atoms with Crippen LogP contribution in [0, 0.1) is 0 Å². The fraction of sp³-hybridized carbons (Fsp3) is 0.480. The molecule has 1 aliphatic carbocycles. The first-order valence-corrected chi connectivity index (χ1v) is 11.0. The van der Waals surface area contributed by atoms with Gasteiger partial charge in [-0.15, -0.1) is 0 Å². The number of nitrogens with one attached hydrogen (secondary N) is 1. The van der Waals surface area contributed by atoms with Crippen molar-refractivity contribution in [1.82, 2.24) is 10.2 Å². The zero-order chi connectivity index (χ0) is 20.9. The summed E-state index contributed by atoms with van der Waals surface area (Å²) in [4.78, 5) is 15.2. The van der Waals surface area contributed by atoms with Crippen LogP contribution >= 0.6 is 0 Å². The van der Waals surface area contributed by atoms with Crippen molar-refractivity contribution >= 4 is 5.91 Å². The maximum Gasteiger partial charge on any atom is 0.234 e. The normalized spacial score (nSPS) is 19.7. The Labute approximate surface area is 179 Å². The topological polar surface area (TPSA) is 50.8 Å². The van der Waals surface area contributed by atoms with E-state index in [0.717, 1.165) is 37.3 Å². The third-order valence-corrected chi connectivity index (χ3v) is 6.41. The summed E-state index contributed by atoms with van der Waals surface area (Å²) in [6, 6.07) is 15.0. The quantitative estimate of drug-likeness (QED) is 0.782. The van der Waals surface area contributed by atoms with Crippen molar-refractivity contribution in [3.8, 4) is 11.5 Å². The molecule has 0 saturated heterocycles. The molecular formula is C25H32N2O3. The van der Waals surface area contributed by atoms with Crippen LogP contribution in [0.2, 0.25) is 0 Å². The second-order valence-electron chi connectivity index (χ2n) is 8.34. The molecule has 2 aromatic carbocycles. The van der Waals surface area contributed by atoms with Gasteiger partial charge in [-0.3, -0.25) is 9.69 Å². The zero-order valence-electron chi connectivity index (χ0n) is 18.0. The molecule has 0 spiro atoms. The van der Waals surface area contributed by atoms with E-state index < -0.39 is 0 Å². The molecule has 1 atom stereocenters. The molecule has 0 aromatic heterocycles. The van der Waals surface area contributed by atoms with Crippen LogP contribution in [0.1, 0.15) is 54.8 Å². The summed E-state index contributed by atoms with van der Waals surface area (Å²) in [5.74, 6) is 1.61. The van der Waals surface area contributed by atoms with Crippen molar-refractivity contribution in [2.45, 2.75) is 50.6 Å². The van der Waals surface area contributed by atoms with Crippen molar-refractivity contribution < 1.29 is 14.3 Å². The lowest BCUT2D eigenvalue weighted by atomic mass is 9.87. The predicted octanol–water partition coefficient (Wildman–Crippen LogP) is 4.10. The molecule has 5 nitrogen and oxygen atoms in total. The van der Waals surface area contributed by atoms with Crippen molar-refractivity contribution in [3.63, 3.8) is 0 Å². The van der Waals surface area contributed by atoms with Crippen LogP contribution in [0.3, 0.4) is 0 Å². The third-order valence-electron chi connectivity index (χ3n) is 6.41. The second kappa shape index (κ2) is 9.52. The highest BCUT2D eigenvalue weighted by molar-refractivity contribution is 5.78. The van der Waals surface area contributed by atoms with E-state index in [1.807, 2.05) is 6.07 Å². The van der Waals surface area contributed by atoms with Crippen molar-refractivity contribution in [1.29, 1.82) is 0 Å². The molecule has 2 aliphatic rings. The van der Waals surface area contributed by atoms with Gasteiger partial charge in [0.25, 0.3) is 0 Å². The number of benzene rings is 2. The van der Waals surface area contributed by atoms with Gasteiger partial charge < -0.3 is 14.8 Å². The maximum atomic E-state index is 12.9. The second-order valence-corrected chi connectivity index (χ2v) is 8.34. The minimum absolute atomic E-state index is 0.0202. The van der Waals surface area contributed by atoms with Gasteiger partial charge in [0.15, 0.2) is 11.5 Å². The predicted molar refractivity (Wildman–Crippen MR) is 118 cm³/mol. The summed E-state index contributed by atoms with van der Waals surface area (Å²) in [6.45, 7) is 1.24. The summed E-state index contributed by atoms with van der Waals surface area (Å²) in [6.07, 6.45) is 6.82. The number of hydrogen-bond donors (Lipinski definition) is 1. The number of ether oxygens (including phenoxy) is 2. The van der Waals surface area contributed by atoms with Crippen LogP contribution in [0.5, 0.6) is 11.5 Å². The molecule has 1 aliphatic heterocycles. The van der Waals surface area contributed by atoms with Crippen LogP contribution in [0.15, 0.2) is 42.5 Å². The molecule has 160 valence electrons. The van der Waals surface area contributed by atoms with Gasteiger partial charge in [-0.2, -0.15) is 0 Å². The molecule has 5 heteroatoms. The van der Waals surface area contributed by atoms with Gasteiger partial charge in [0.2, 0.25) is 5.91 Å². The van der Waals surface area contributed by atoms with Crippen LogP contribution in [-0.2, 0) is 11.2 Å². The number of carbonyl (C=O) groups is 1. The van der Waals surface area contributed by atoms with E-state index in [-0.39, 0.29) is 11.9 Å². The molecule has 1 N–H and O–H groups in total. The number of fused-ring (bicyclic) bond motifs is 1. The lowest BCUT2D eigenvalue weighted by molar-refractivity contribution is -0.123. The Bertz CT molecular complexity index is 862. The van der Waals surface area contributed by atoms with Crippen LogP contribution in [0.25, 0.3) is 0 Å². The van der Waals surface area contributed by atoms with Crippen LogP contribution < -0.4 is 14.8 Å². The highest BCUT2D eigenvalue weighted by atomic mass is 16.5. The van der Waals surface area contributed by atoms with Gasteiger partial charge in [0.1, 0.15) is 0 Å². The van der Waals surface area contributed by atoms with Crippen molar-refractivity contribution in [2.24, 2.45) is 0 Å². The fourth-order valence-corrected chi connectivity index (χ4v) is 4.90.